The molecule has 2 fully saturated rings. The van der Waals surface area contributed by atoms with Crippen molar-refractivity contribution >= 4 is 23.7 Å². The first-order valence-corrected chi connectivity index (χ1v) is 10.8. The highest BCUT2D eigenvalue weighted by Crippen LogP contribution is 2.44. The minimum atomic E-state index is -1.07. The van der Waals surface area contributed by atoms with E-state index < -0.39 is 30.0 Å². The molecule has 2 heterocycles. The van der Waals surface area contributed by atoms with Gasteiger partial charge >= 0.3 is 5.97 Å². The first-order valence-electron chi connectivity index (χ1n) is 10.8. The molecule has 2 saturated heterocycles. The molecule has 0 aliphatic carbocycles. The molecule has 10 nitrogen and oxygen atoms in total. The molecule has 2 aliphatic heterocycles. The molecule has 1 aromatic carbocycles. The van der Waals surface area contributed by atoms with Crippen molar-refractivity contribution < 1.29 is 34.1 Å². The summed E-state index contributed by atoms with van der Waals surface area (Å²) in [5.41, 5.74) is 0.572. The number of carboxylic acids is 1. The molecule has 0 bridgehead atoms. The van der Waals surface area contributed by atoms with Gasteiger partial charge in [-0.2, -0.15) is 0 Å². The lowest BCUT2D eigenvalue weighted by Gasteiger charge is -2.38. The average molecular weight is 447 g/mol. The van der Waals surface area contributed by atoms with E-state index in [1.54, 1.807) is 24.3 Å². The lowest BCUT2D eigenvalue weighted by atomic mass is 9.93. The van der Waals surface area contributed by atoms with Crippen LogP contribution in [0.3, 0.4) is 0 Å². The van der Waals surface area contributed by atoms with Gasteiger partial charge in [-0.15, -0.1) is 0 Å². The van der Waals surface area contributed by atoms with Gasteiger partial charge in [0.1, 0.15) is 24.4 Å². The van der Waals surface area contributed by atoms with E-state index in [-0.39, 0.29) is 37.4 Å². The lowest BCUT2D eigenvalue weighted by Crippen LogP contribution is -2.61. The van der Waals surface area contributed by atoms with Crippen LogP contribution in [-0.2, 0) is 19.2 Å². The van der Waals surface area contributed by atoms with E-state index in [0.29, 0.717) is 37.1 Å². The number of hydrogen-bond acceptors (Lipinski definition) is 6. The van der Waals surface area contributed by atoms with Crippen LogP contribution in [0.15, 0.2) is 24.3 Å². The Kier molecular flexibility index (Phi) is 7.68. The minimum absolute atomic E-state index is 0.0363. The smallest absolute Gasteiger partial charge is 0.309 e. The lowest BCUT2D eigenvalue weighted by molar-refractivity contribution is -0.150. The number of unbranched alkanes of at least 4 members (excludes halogenated alkanes) is 1. The summed E-state index contributed by atoms with van der Waals surface area (Å²) in [6, 6.07) is 4.38. The maximum atomic E-state index is 13.3. The third-order valence-electron chi connectivity index (χ3n) is 5.84. The zero-order valence-corrected chi connectivity index (χ0v) is 18.0. The number of nitrogens with zero attached hydrogens (tertiary/aromatic N) is 1. The van der Waals surface area contributed by atoms with Gasteiger partial charge in [-0.3, -0.25) is 19.2 Å². The minimum Gasteiger partial charge on any atom is -0.491 e. The molecule has 174 valence electrons. The summed E-state index contributed by atoms with van der Waals surface area (Å²) in [4.78, 5) is 50.5. The summed E-state index contributed by atoms with van der Waals surface area (Å²) in [5.74, 6) is -2.32. The number of ether oxygens (including phenoxy) is 1. The van der Waals surface area contributed by atoms with Gasteiger partial charge in [0, 0.05) is 13.5 Å². The highest BCUT2D eigenvalue weighted by Gasteiger charge is 2.54. The number of aliphatic hydroxyl groups is 1. The standard InChI is InChI=1S/C22H29N3O7/c1-13(27)23-8-3-2-7-17-21(29)25-18(20(28)24-17)12-16(22(30)31)19(25)14-5-4-6-15(11-14)32-10-9-26/h4-6,11,16-19,26H,2-3,7-10,12H2,1H3,(H,23,27)(H,24,28)(H,30,31)/t16-,17+,18-,19-/m1/s1. The van der Waals surface area contributed by atoms with Gasteiger partial charge in [-0.05, 0) is 43.4 Å². The molecule has 0 radical (unpaired) electrons. The number of carbonyl (C=O) groups is 4. The summed E-state index contributed by atoms with van der Waals surface area (Å²) in [6.45, 7) is 1.84. The van der Waals surface area contributed by atoms with Crippen LogP contribution in [-0.4, -0.2) is 70.6 Å². The number of nitrogens with one attached hydrogen (secondary N) is 2. The van der Waals surface area contributed by atoms with E-state index >= 15 is 0 Å². The highest BCUT2D eigenvalue weighted by molar-refractivity contribution is 5.98. The number of amides is 3. The largest absolute Gasteiger partial charge is 0.491 e. The second-order valence-electron chi connectivity index (χ2n) is 8.07. The molecular weight excluding hydrogens is 418 g/mol. The number of carboxylic acid groups (broad SMARTS) is 1. The Balaban J connectivity index is 1.80. The van der Waals surface area contributed by atoms with Crippen LogP contribution < -0.4 is 15.4 Å². The predicted octanol–water partition coefficient (Wildman–Crippen LogP) is 0.205. The van der Waals surface area contributed by atoms with E-state index in [0.717, 1.165) is 0 Å². The van der Waals surface area contributed by atoms with Crippen molar-refractivity contribution in [1.82, 2.24) is 15.5 Å². The molecule has 0 saturated carbocycles. The van der Waals surface area contributed by atoms with E-state index in [1.165, 1.54) is 11.8 Å². The second kappa shape index (κ2) is 10.4. The molecule has 3 amide bonds. The molecule has 2 aliphatic rings. The zero-order valence-electron chi connectivity index (χ0n) is 18.0. The molecule has 3 rings (SSSR count). The maximum Gasteiger partial charge on any atom is 0.309 e. The van der Waals surface area contributed by atoms with Crippen LogP contribution in [0.4, 0.5) is 0 Å². The fourth-order valence-corrected chi connectivity index (χ4v) is 4.42. The van der Waals surface area contributed by atoms with Crippen LogP contribution >= 0.6 is 0 Å². The zero-order chi connectivity index (χ0) is 23.3. The summed E-state index contributed by atoms with van der Waals surface area (Å²) < 4.78 is 5.44. The van der Waals surface area contributed by atoms with Gasteiger partial charge in [0.05, 0.1) is 18.6 Å². The Hall–Kier alpha value is -3.14. The Morgan fingerprint density at radius 3 is 2.75 bits per heavy atom. The number of aliphatic carboxylic acids is 1. The van der Waals surface area contributed by atoms with Gasteiger partial charge in [0.15, 0.2) is 0 Å². The third kappa shape index (κ3) is 5.18. The predicted molar refractivity (Wildman–Crippen MR) is 113 cm³/mol. The van der Waals surface area contributed by atoms with Crippen LogP contribution in [0.1, 0.15) is 44.2 Å². The average Bonchev–Trinajstić information content (AvgIpc) is 3.17. The number of rotatable bonds is 10. The van der Waals surface area contributed by atoms with Crippen LogP contribution in [0.25, 0.3) is 0 Å². The van der Waals surface area contributed by atoms with Crippen LogP contribution in [0.5, 0.6) is 5.75 Å². The van der Waals surface area contributed by atoms with Gasteiger partial charge in [0.25, 0.3) is 0 Å². The van der Waals surface area contributed by atoms with Gasteiger partial charge in [-0.1, -0.05) is 12.1 Å². The highest BCUT2D eigenvalue weighted by atomic mass is 16.5. The van der Waals surface area contributed by atoms with Crippen molar-refractivity contribution in [2.45, 2.75) is 50.7 Å². The van der Waals surface area contributed by atoms with Crippen molar-refractivity contribution in [3.05, 3.63) is 29.8 Å². The number of piperazine rings is 1. The summed E-state index contributed by atoms with van der Waals surface area (Å²) in [7, 11) is 0. The summed E-state index contributed by atoms with van der Waals surface area (Å²) in [5, 5.41) is 24.2. The first-order chi connectivity index (χ1) is 15.3. The Bertz CT molecular complexity index is 875. The number of aliphatic hydroxyl groups excluding tert-OH is 1. The van der Waals surface area contributed by atoms with E-state index in [9.17, 15) is 24.3 Å². The molecular formula is C22H29N3O7. The molecule has 10 heteroatoms. The monoisotopic (exact) mass is 447 g/mol. The van der Waals surface area contributed by atoms with Gasteiger partial charge in [-0.25, -0.2) is 0 Å². The topological polar surface area (TPSA) is 145 Å². The van der Waals surface area contributed by atoms with Crippen molar-refractivity contribution in [2.75, 3.05) is 19.8 Å². The van der Waals surface area contributed by atoms with Gasteiger partial charge < -0.3 is 30.5 Å². The number of hydrogen-bond donors (Lipinski definition) is 4. The normalized spacial score (nSPS) is 24.6. The van der Waals surface area contributed by atoms with E-state index in [1.807, 2.05) is 0 Å². The van der Waals surface area contributed by atoms with E-state index in [2.05, 4.69) is 10.6 Å². The molecule has 4 N–H and O–H groups in total. The second-order valence-corrected chi connectivity index (χ2v) is 8.07. The van der Waals surface area contributed by atoms with Crippen molar-refractivity contribution in [3.8, 4) is 5.75 Å². The van der Waals surface area contributed by atoms with E-state index in [4.69, 9.17) is 9.84 Å². The fourth-order valence-electron chi connectivity index (χ4n) is 4.42. The quantitative estimate of drug-likeness (QED) is 0.375. The number of fused-ring (bicyclic) bond motifs is 1. The van der Waals surface area contributed by atoms with Crippen molar-refractivity contribution in [2.24, 2.45) is 5.92 Å². The molecule has 4 atom stereocenters. The Labute approximate surface area is 185 Å². The summed E-state index contributed by atoms with van der Waals surface area (Å²) in [6.07, 6.45) is 1.72. The van der Waals surface area contributed by atoms with Gasteiger partial charge in [0.2, 0.25) is 17.7 Å². The van der Waals surface area contributed by atoms with Crippen molar-refractivity contribution in [3.63, 3.8) is 0 Å². The molecule has 0 spiro atoms. The fraction of sp³-hybridized carbons (Fsp3) is 0.545. The maximum absolute atomic E-state index is 13.3. The number of benzene rings is 1. The molecule has 32 heavy (non-hydrogen) atoms. The SMILES string of the molecule is CC(=O)NCCCC[C@@H]1NC(=O)[C@H]2C[C@@H](C(=O)O)[C@@H](c3cccc(OCCO)c3)N2C1=O. The Morgan fingerprint density at radius 2 is 2.06 bits per heavy atom. The first kappa shape index (κ1) is 23.5. The third-order valence-corrected chi connectivity index (χ3v) is 5.84. The number of carbonyl (C=O) groups excluding carboxylic acids is 3. The van der Waals surface area contributed by atoms with Crippen LogP contribution in [0, 0.1) is 5.92 Å². The van der Waals surface area contributed by atoms with Crippen molar-refractivity contribution in [1.29, 1.82) is 0 Å². The summed E-state index contributed by atoms with van der Waals surface area (Å²) >= 11 is 0. The van der Waals surface area contributed by atoms with Crippen LogP contribution in [0.2, 0.25) is 0 Å². The molecule has 0 aromatic heterocycles. The molecule has 1 aromatic rings. The molecule has 0 unspecified atom stereocenters. The Morgan fingerprint density at radius 1 is 1.28 bits per heavy atom.